The molecule has 2 amide bonds. The number of nitrogens with one attached hydrogen (secondary N) is 2. The smallest absolute Gasteiger partial charge is 0.315 e. The van der Waals surface area contributed by atoms with Gasteiger partial charge in [-0.15, -0.1) is 0 Å². The Bertz CT molecular complexity index is 591. The Morgan fingerprint density at radius 2 is 2.20 bits per heavy atom. The van der Waals surface area contributed by atoms with E-state index in [4.69, 9.17) is 0 Å². The molecule has 0 aromatic carbocycles. The maximum atomic E-state index is 11.5. The molecular weight excluding hydrogens is 254 g/mol. The van der Waals surface area contributed by atoms with Gasteiger partial charge in [-0.1, -0.05) is 0 Å². The van der Waals surface area contributed by atoms with E-state index in [-0.39, 0.29) is 12.1 Å². The van der Waals surface area contributed by atoms with Crippen molar-refractivity contribution < 1.29 is 4.79 Å². The minimum atomic E-state index is -0.175. The first-order valence-corrected chi connectivity index (χ1v) is 6.53. The topological polar surface area (TPSA) is 71.8 Å². The van der Waals surface area contributed by atoms with Gasteiger partial charge in [0.1, 0.15) is 0 Å². The van der Waals surface area contributed by atoms with Crippen LogP contribution >= 0.6 is 0 Å². The highest BCUT2D eigenvalue weighted by molar-refractivity contribution is 5.74. The zero-order chi connectivity index (χ0) is 14.5. The van der Waals surface area contributed by atoms with Crippen molar-refractivity contribution in [2.75, 3.05) is 0 Å². The third-order valence-electron chi connectivity index (χ3n) is 2.78. The maximum Gasteiger partial charge on any atom is 0.315 e. The number of nitrogens with zero attached hydrogens (tertiary/aromatic N) is 3. The summed E-state index contributed by atoms with van der Waals surface area (Å²) in [5.74, 6) is 0. The highest BCUT2D eigenvalue weighted by Gasteiger charge is 2.06. The summed E-state index contributed by atoms with van der Waals surface area (Å²) >= 11 is 0. The number of pyridine rings is 1. The second-order valence-corrected chi connectivity index (χ2v) is 4.90. The van der Waals surface area contributed by atoms with E-state index in [0.717, 1.165) is 16.8 Å². The summed E-state index contributed by atoms with van der Waals surface area (Å²) in [7, 11) is 1.89. The van der Waals surface area contributed by atoms with Gasteiger partial charge in [0.25, 0.3) is 0 Å². The van der Waals surface area contributed by atoms with Crippen LogP contribution in [-0.4, -0.2) is 26.8 Å². The summed E-state index contributed by atoms with van der Waals surface area (Å²) in [5.41, 5.74) is 2.92. The Balaban J connectivity index is 2.04. The van der Waals surface area contributed by atoms with Gasteiger partial charge in [0, 0.05) is 43.8 Å². The number of carbonyl (C=O) groups excluding carboxylic acids is 1. The lowest BCUT2D eigenvalue weighted by molar-refractivity contribution is 0.238. The first kappa shape index (κ1) is 14.0. The lowest BCUT2D eigenvalue weighted by Crippen LogP contribution is -2.39. The molecule has 6 nitrogen and oxygen atoms in total. The number of aromatic nitrogens is 3. The van der Waals surface area contributed by atoms with Crippen molar-refractivity contribution in [3.05, 3.63) is 36.3 Å². The minimum Gasteiger partial charge on any atom is -0.336 e. The van der Waals surface area contributed by atoms with Crippen LogP contribution in [-0.2, 0) is 13.6 Å². The van der Waals surface area contributed by atoms with Gasteiger partial charge in [-0.2, -0.15) is 5.10 Å². The Morgan fingerprint density at radius 1 is 1.40 bits per heavy atom. The molecule has 2 heterocycles. The van der Waals surface area contributed by atoms with Crippen molar-refractivity contribution >= 4 is 6.03 Å². The van der Waals surface area contributed by atoms with Crippen LogP contribution in [0.4, 0.5) is 4.79 Å². The average Bonchev–Trinajstić information content (AvgIpc) is 2.82. The molecule has 20 heavy (non-hydrogen) atoms. The van der Waals surface area contributed by atoms with Crippen LogP contribution in [0.2, 0.25) is 0 Å². The number of carbonyl (C=O) groups is 1. The molecule has 0 spiro atoms. The number of hydrogen-bond acceptors (Lipinski definition) is 3. The molecule has 0 saturated heterocycles. The molecule has 0 fully saturated rings. The van der Waals surface area contributed by atoms with Crippen LogP contribution in [0.3, 0.4) is 0 Å². The third kappa shape index (κ3) is 3.57. The largest absolute Gasteiger partial charge is 0.336 e. The molecule has 6 heteroatoms. The average molecular weight is 273 g/mol. The quantitative estimate of drug-likeness (QED) is 0.890. The third-order valence-corrected chi connectivity index (χ3v) is 2.78. The van der Waals surface area contributed by atoms with Gasteiger partial charge in [-0.05, 0) is 31.5 Å². The molecule has 2 rings (SSSR count). The van der Waals surface area contributed by atoms with Crippen molar-refractivity contribution in [2.24, 2.45) is 7.05 Å². The lowest BCUT2D eigenvalue weighted by Gasteiger charge is -2.10. The maximum absolute atomic E-state index is 11.5. The molecule has 106 valence electrons. The number of rotatable bonds is 4. The Hall–Kier alpha value is -2.37. The molecule has 2 aromatic rings. The summed E-state index contributed by atoms with van der Waals surface area (Å²) in [6.07, 6.45) is 5.28. The standard InChI is InChI=1S/C14H19N5O/c1-10(2)18-14(20)16-8-11-6-12(9-15-7-11)13-4-5-17-19(13)3/h4-7,9-10H,8H2,1-3H3,(H2,16,18,20). The molecule has 0 aliphatic heterocycles. The predicted molar refractivity (Wildman–Crippen MR) is 76.9 cm³/mol. The molecule has 0 unspecified atom stereocenters. The Labute approximate surface area is 118 Å². The van der Waals surface area contributed by atoms with Crippen LogP contribution < -0.4 is 10.6 Å². The van der Waals surface area contributed by atoms with Crippen LogP contribution in [0, 0.1) is 0 Å². The van der Waals surface area contributed by atoms with E-state index in [2.05, 4.69) is 20.7 Å². The molecule has 0 saturated carbocycles. The first-order valence-electron chi connectivity index (χ1n) is 6.53. The molecule has 2 aromatic heterocycles. The van der Waals surface area contributed by atoms with Crippen LogP contribution in [0.1, 0.15) is 19.4 Å². The number of urea groups is 1. The molecule has 0 radical (unpaired) electrons. The van der Waals surface area contributed by atoms with Gasteiger partial charge in [0.05, 0.1) is 5.69 Å². The second kappa shape index (κ2) is 6.18. The van der Waals surface area contributed by atoms with Gasteiger partial charge >= 0.3 is 6.03 Å². The van der Waals surface area contributed by atoms with Crippen LogP contribution in [0.25, 0.3) is 11.3 Å². The predicted octanol–water partition coefficient (Wildman–Crippen LogP) is 1.69. The number of hydrogen-bond donors (Lipinski definition) is 2. The van der Waals surface area contributed by atoms with E-state index >= 15 is 0 Å². The lowest BCUT2D eigenvalue weighted by atomic mass is 10.1. The van der Waals surface area contributed by atoms with Gasteiger partial charge in [-0.25, -0.2) is 4.79 Å². The van der Waals surface area contributed by atoms with Gasteiger partial charge in [-0.3, -0.25) is 9.67 Å². The van der Waals surface area contributed by atoms with Crippen molar-refractivity contribution in [2.45, 2.75) is 26.4 Å². The summed E-state index contributed by atoms with van der Waals surface area (Å²) < 4.78 is 1.79. The highest BCUT2D eigenvalue weighted by Crippen LogP contribution is 2.17. The van der Waals surface area contributed by atoms with Crippen molar-refractivity contribution in [3.63, 3.8) is 0 Å². The summed E-state index contributed by atoms with van der Waals surface area (Å²) in [4.78, 5) is 15.7. The van der Waals surface area contributed by atoms with E-state index in [0.29, 0.717) is 6.54 Å². The SMILES string of the molecule is CC(C)NC(=O)NCc1cncc(-c2ccnn2C)c1. The van der Waals surface area contributed by atoms with Gasteiger partial charge in [0.2, 0.25) is 0 Å². The molecule has 0 aliphatic rings. The fraction of sp³-hybridized carbons (Fsp3) is 0.357. The van der Waals surface area contributed by atoms with Crippen LogP contribution in [0.5, 0.6) is 0 Å². The van der Waals surface area contributed by atoms with E-state index in [1.54, 1.807) is 23.3 Å². The van der Waals surface area contributed by atoms with Crippen LogP contribution in [0.15, 0.2) is 30.7 Å². The van der Waals surface area contributed by atoms with E-state index in [9.17, 15) is 4.79 Å². The fourth-order valence-corrected chi connectivity index (χ4v) is 1.88. The molecule has 0 aliphatic carbocycles. The van der Waals surface area contributed by atoms with Crippen molar-refractivity contribution in [1.29, 1.82) is 0 Å². The molecule has 0 bridgehead atoms. The Morgan fingerprint density at radius 3 is 2.85 bits per heavy atom. The number of amides is 2. The highest BCUT2D eigenvalue weighted by atomic mass is 16.2. The monoisotopic (exact) mass is 273 g/mol. The second-order valence-electron chi connectivity index (χ2n) is 4.90. The van der Waals surface area contributed by atoms with Gasteiger partial charge < -0.3 is 10.6 Å². The molecule has 0 atom stereocenters. The molecule has 2 N–H and O–H groups in total. The summed E-state index contributed by atoms with van der Waals surface area (Å²) in [6.45, 7) is 4.28. The zero-order valence-electron chi connectivity index (χ0n) is 11.9. The Kier molecular flexibility index (Phi) is 4.34. The fourth-order valence-electron chi connectivity index (χ4n) is 1.88. The summed E-state index contributed by atoms with van der Waals surface area (Å²) in [5, 5.41) is 9.72. The first-order chi connectivity index (χ1) is 9.56. The normalized spacial score (nSPS) is 10.6. The zero-order valence-corrected chi connectivity index (χ0v) is 11.9. The van der Waals surface area contributed by atoms with E-state index < -0.39 is 0 Å². The van der Waals surface area contributed by atoms with E-state index in [1.165, 1.54) is 0 Å². The minimum absolute atomic E-state index is 0.119. The number of aryl methyl sites for hydroxylation is 1. The van der Waals surface area contributed by atoms with E-state index in [1.807, 2.05) is 33.0 Å². The van der Waals surface area contributed by atoms with Crippen molar-refractivity contribution in [3.8, 4) is 11.3 Å². The van der Waals surface area contributed by atoms with Gasteiger partial charge in [0.15, 0.2) is 0 Å². The molecular formula is C14H19N5O. The summed E-state index contributed by atoms with van der Waals surface area (Å²) in [6, 6.07) is 3.87. The van der Waals surface area contributed by atoms with Crippen molar-refractivity contribution in [1.82, 2.24) is 25.4 Å².